The van der Waals surface area contributed by atoms with E-state index in [1.807, 2.05) is 30.0 Å². The first-order chi connectivity index (χ1) is 31.9. The van der Waals surface area contributed by atoms with Gasteiger partial charge in [0.05, 0.1) is 30.1 Å². The van der Waals surface area contributed by atoms with Crippen molar-refractivity contribution in [1.82, 2.24) is 0 Å². The number of oxime groups is 1. The Morgan fingerprint density at radius 2 is 1.48 bits per heavy atom. The highest BCUT2D eigenvalue weighted by atomic mass is 32.2. The molecule has 2 aliphatic heterocycles. The van der Waals surface area contributed by atoms with Gasteiger partial charge in [-0.05, 0) is 123 Å². The van der Waals surface area contributed by atoms with E-state index in [2.05, 4.69) is 57.7 Å². The van der Waals surface area contributed by atoms with Crippen LogP contribution in [0.1, 0.15) is 184 Å². The van der Waals surface area contributed by atoms with Gasteiger partial charge in [0, 0.05) is 37.5 Å². The molecule has 362 valence electrons. The van der Waals surface area contributed by atoms with Crippen molar-refractivity contribution in [2.45, 2.75) is 198 Å². The van der Waals surface area contributed by atoms with Crippen LogP contribution in [0.25, 0.3) is 0 Å². The lowest BCUT2D eigenvalue weighted by atomic mass is 9.56. The van der Waals surface area contributed by atoms with Crippen molar-refractivity contribution in [2.75, 3.05) is 32.2 Å². The molecule has 0 aromatic heterocycles. The van der Waals surface area contributed by atoms with Gasteiger partial charge >= 0.3 is 0 Å². The average Bonchev–Trinajstić information content (AvgIpc) is 3.32. The predicted octanol–water partition coefficient (Wildman–Crippen LogP) is 14.5. The number of aliphatic hydroxyl groups excluding tert-OH is 2. The minimum atomic E-state index is -0.972. The van der Waals surface area contributed by atoms with Crippen LogP contribution in [0.15, 0.2) is 65.9 Å². The van der Waals surface area contributed by atoms with Crippen LogP contribution in [0, 0.1) is 31.6 Å². The van der Waals surface area contributed by atoms with Crippen molar-refractivity contribution in [2.24, 2.45) is 22.9 Å². The van der Waals surface area contributed by atoms with E-state index in [9.17, 15) is 10.2 Å². The van der Waals surface area contributed by atoms with E-state index >= 15 is 0 Å². The maximum atomic E-state index is 10.0. The molecule has 0 bridgehead atoms. The summed E-state index contributed by atoms with van der Waals surface area (Å²) in [4.78, 5) is 6.34. The van der Waals surface area contributed by atoms with Crippen LogP contribution in [-0.2, 0) is 14.3 Å². The zero-order valence-electron chi connectivity index (χ0n) is 40.6. The van der Waals surface area contributed by atoms with Gasteiger partial charge < -0.3 is 34.0 Å². The van der Waals surface area contributed by atoms with Gasteiger partial charge in [-0.3, -0.25) is 0 Å². The highest BCUT2D eigenvalue weighted by Crippen LogP contribution is 2.63. The Labute approximate surface area is 397 Å². The molecule has 4 aliphatic rings. The Bertz CT molecular complexity index is 1770. The molecule has 7 unspecified atom stereocenters. The maximum Gasteiger partial charge on any atom is 0.230 e. The fourth-order valence-corrected chi connectivity index (χ4v) is 12.3. The molecule has 8 nitrogen and oxygen atoms in total. The van der Waals surface area contributed by atoms with Gasteiger partial charge in [0.25, 0.3) is 0 Å². The van der Waals surface area contributed by atoms with E-state index < -0.39 is 5.79 Å². The van der Waals surface area contributed by atoms with Crippen LogP contribution < -0.4 is 9.47 Å². The largest absolute Gasteiger partial charge is 0.460 e. The summed E-state index contributed by atoms with van der Waals surface area (Å²) < 4.78 is 27.3. The summed E-state index contributed by atoms with van der Waals surface area (Å²) in [5, 5.41) is 25.0. The molecule has 2 aromatic carbocycles. The number of hydrogen-bond donors (Lipinski definition) is 2. The van der Waals surface area contributed by atoms with Gasteiger partial charge in [-0.1, -0.05) is 127 Å². The Morgan fingerprint density at radius 3 is 2.14 bits per heavy atom. The van der Waals surface area contributed by atoms with Crippen LogP contribution in [0.2, 0.25) is 0 Å². The molecule has 1 saturated heterocycles. The van der Waals surface area contributed by atoms with Gasteiger partial charge in [-0.25, -0.2) is 0 Å². The molecule has 0 radical (unpaired) electrons. The number of fused-ring (bicyclic) bond motifs is 2. The number of ether oxygens (including phenoxy) is 4. The van der Waals surface area contributed by atoms with Gasteiger partial charge in [0.1, 0.15) is 17.2 Å². The molecule has 7 atom stereocenters. The molecule has 0 amide bonds. The lowest BCUT2D eigenvalue weighted by molar-refractivity contribution is -0.223. The van der Waals surface area contributed by atoms with Crippen molar-refractivity contribution in [3.05, 3.63) is 77.4 Å². The molecular weight excluding hydrogens is 831 g/mol. The summed E-state index contributed by atoms with van der Waals surface area (Å²) in [5.41, 5.74) is 5.69. The number of aliphatic hydroxyl groups is 2. The molecule has 6 rings (SSSR count). The van der Waals surface area contributed by atoms with Gasteiger partial charge in [-0.2, -0.15) is 11.8 Å². The summed E-state index contributed by atoms with van der Waals surface area (Å²) >= 11 is 1.98. The highest BCUT2D eigenvalue weighted by molar-refractivity contribution is 8.00. The molecule has 2 N–H and O–H groups in total. The number of hydrogen-bond acceptors (Lipinski definition) is 9. The second kappa shape index (κ2) is 27.9. The molecule has 65 heavy (non-hydrogen) atoms. The first kappa shape index (κ1) is 51.6. The second-order valence-corrected chi connectivity index (χ2v) is 20.8. The normalized spacial score (nSPS) is 25.4. The molecule has 1 saturated carbocycles. The molecule has 2 aliphatic carbocycles. The third kappa shape index (κ3) is 14.6. The van der Waals surface area contributed by atoms with Crippen LogP contribution >= 0.6 is 11.8 Å². The van der Waals surface area contributed by atoms with Gasteiger partial charge in [-0.15, -0.1) is 6.58 Å². The van der Waals surface area contributed by atoms with E-state index in [-0.39, 0.29) is 48.4 Å². The molecule has 9 heteroatoms. The lowest BCUT2D eigenvalue weighted by Gasteiger charge is -2.58. The fraction of sp³-hybridized carbons (Fsp3) is 0.696. The van der Waals surface area contributed by atoms with Gasteiger partial charge in [0.2, 0.25) is 12.1 Å². The number of benzene rings is 2. The van der Waals surface area contributed by atoms with Crippen LogP contribution in [0.3, 0.4) is 0 Å². The minimum Gasteiger partial charge on any atom is -0.460 e. The van der Waals surface area contributed by atoms with Crippen LogP contribution in [0.4, 0.5) is 0 Å². The molecular formula is C56H85NO7S. The molecule has 0 spiro atoms. The van der Waals surface area contributed by atoms with E-state index in [1.54, 1.807) is 0 Å². The summed E-state index contributed by atoms with van der Waals surface area (Å²) in [7, 11) is 0. The summed E-state index contributed by atoms with van der Waals surface area (Å²) in [6.45, 7) is 12.1. The molecule has 2 aromatic rings. The summed E-state index contributed by atoms with van der Waals surface area (Å²) in [6, 6.07) is 12.6. The number of unbranched alkanes of at least 4 members (excludes halogenated alkanes) is 15. The van der Waals surface area contributed by atoms with Crippen LogP contribution in [-0.4, -0.2) is 65.4 Å². The predicted molar refractivity (Wildman–Crippen MR) is 268 cm³/mol. The Morgan fingerprint density at radius 1 is 0.800 bits per heavy atom. The average molecular weight is 916 g/mol. The van der Waals surface area contributed by atoms with Crippen LogP contribution in [0.5, 0.6) is 17.2 Å². The fourth-order valence-electron chi connectivity index (χ4n) is 10.9. The van der Waals surface area contributed by atoms with Crippen molar-refractivity contribution in [3.8, 4) is 17.2 Å². The van der Waals surface area contributed by atoms with Crippen molar-refractivity contribution >= 4 is 17.5 Å². The number of allylic oxidation sites excluding steroid dienone is 1. The quantitative estimate of drug-likeness (QED) is 0.0438. The topological polar surface area (TPSA) is 99.0 Å². The number of thioether (sulfide) groups is 1. The highest BCUT2D eigenvalue weighted by Gasteiger charge is 2.64. The Balaban J connectivity index is 1.29. The van der Waals surface area contributed by atoms with E-state index in [1.165, 1.54) is 94.6 Å². The monoisotopic (exact) mass is 916 g/mol. The third-order valence-electron chi connectivity index (χ3n) is 14.6. The van der Waals surface area contributed by atoms with Crippen molar-refractivity contribution < 1.29 is 34.0 Å². The van der Waals surface area contributed by atoms with E-state index in [0.29, 0.717) is 19.6 Å². The second-order valence-electron chi connectivity index (χ2n) is 19.5. The standard InChI is InChI=1S/C56H85NO7S/c1-5-7-8-9-10-11-12-13-14-15-16-17-18-25-37-65-52-41-50(57-64-53-28-21-24-36-60-53)48-39-44(26-19-22-33-58)47(27-20-23-34-59)54-49-40-46(62-45-30-29-42(3)43(4)38-45)31-32-51(49)63-56(52,55(48)54)61-35-6-2/h6,29-32,38-40,44,47,52-55,58-59H,2,5,7-28,33-37,41H2,1,3-4H3. The summed E-state index contributed by atoms with van der Waals surface area (Å²) in [6.07, 6.45) is 31.7. The lowest BCUT2D eigenvalue weighted by Crippen LogP contribution is -2.64. The third-order valence-corrected chi connectivity index (χ3v) is 16.0. The number of nitrogens with zero attached hydrogens (tertiary/aromatic N) is 1. The first-order valence-corrected chi connectivity index (χ1v) is 27.2. The molecule has 2 heterocycles. The number of rotatable bonds is 31. The van der Waals surface area contributed by atoms with Gasteiger partial charge in [0.15, 0.2) is 0 Å². The molecule has 2 fully saturated rings. The van der Waals surface area contributed by atoms with Crippen molar-refractivity contribution in [1.29, 1.82) is 0 Å². The summed E-state index contributed by atoms with van der Waals surface area (Å²) in [5.74, 6) is 2.79. The zero-order chi connectivity index (χ0) is 45.7. The first-order valence-electron chi connectivity index (χ1n) is 26.1. The smallest absolute Gasteiger partial charge is 0.230 e. The Kier molecular flexibility index (Phi) is 22.1. The SMILES string of the molecule is C=CCOC12Oc3ccc(Oc4ccc(C)c(C)c4)cc3C3C(CCCCO)C(CCCCO)C=C(C(=NOC4CCCCO4)CC1SCCCCCCCCCCCCCCCC)C32. The van der Waals surface area contributed by atoms with E-state index in [4.69, 9.17) is 28.9 Å². The van der Waals surface area contributed by atoms with Crippen molar-refractivity contribution in [3.63, 3.8) is 0 Å². The Hall–Kier alpha value is -2.82. The zero-order valence-corrected chi connectivity index (χ0v) is 41.4. The number of aryl methyl sites for hydroxylation is 2. The maximum absolute atomic E-state index is 10.0. The minimum absolute atomic E-state index is 0.0188. The van der Waals surface area contributed by atoms with E-state index in [0.717, 1.165) is 104 Å².